The monoisotopic (exact) mass is 271 g/mol. The van der Waals surface area contributed by atoms with E-state index in [1.165, 1.54) is 18.4 Å². The van der Waals surface area contributed by atoms with Crippen LogP contribution in [0.5, 0.6) is 0 Å². The number of fused-ring (bicyclic) bond motifs is 1. The quantitative estimate of drug-likeness (QED) is 0.929. The van der Waals surface area contributed by atoms with Crippen molar-refractivity contribution in [1.82, 2.24) is 15.1 Å². The first kappa shape index (κ1) is 13.2. The molecular formula is C16H21N3O. The molecule has 4 nitrogen and oxygen atoms in total. The number of aromatic nitrogens is 2. The number of nitrogens with one attached hydrogen (secondary N) is 1. The summed E-state index contributed by atoms with van der Waals surface area (Å²) < 4.78 is 1.92. The average molecular weight is 271 g/mol. The van der Waals surface area contributed by atoms with Crippen LogP contribution in [-0.4, -0.2) is 21.7 Å². The number of nitrogens with zero attached hydrogens (tertiary/aromatic N) is 2. The Labute approximate surface area is 119 Å². The lowest BCUT2D eigenvalue weighted by Crippen LogP contribution is -2.33. The highest BCUT2D eigenvalue weighted by Crippen LogP contribution is 2.18. The molecule has 3 rings (SSSR count). The first-order valence-corrected chi connectivity index (χ1v) is 7.44. The predicted octanol–water partition coefficient (Wildman–Crippen LogP) is 2.79. The molecule has 0 aliphatic heterocycles. The minimum Gasteiger partial charge on any atom is -0.353 e. The zero-order chi connectivity index (χ0) is 13.9. The first-order valence-electron chi connectivity index (χ1n) is 7.44. The molecule has 1 fully saturated rings. The van der Waals surface area contributed by atoms with E-state index < -0.39 is 0 Å². The van der Waals surface area contributed by atoms with E-state index in [0.29, 0.717) is 19.0 Å². The van der Waals surface area contributed by atoms with Crippen LogP contribution in [0.3, 0.4) is 0 Å². The maximum absolute atomic E-state index is 11.9. The number of hydrogen-bond donors (Lipinski definition) is 1. The van der Waals surface area contributed by atoms with E-state index in [1.54, 1.807) is 0 Å². The van der Waals surface area contributed by atoms with Gasteiger partial charge in [0, 0.05) is 17.8 Å². The summed E-state index contributed by atoms with van der Waals surface area (Å²) in [5, 5.41) is 8.64. The largest absolute Gasteiger partial charge is 0.353 e. The summed E-state index contributed by atoms with van der Waals surface area (Å²) in [5.41, 5.74) is 2.33. The van der Waals surface area contributed by atoms with Crippen LogP contribution >= 0.6 is 0 Å². The number of carbonyl (C=O) groups is 1. The average Bonchev–Trinajstić information content (AvgIpc) is 3.05. The van der Waals surface area contributed by atoms with E-state index in [2.05, 4.69) is 35.5 Å². The molecule has 106 valence electrons. The lowest BCUT2D eigenvalue weighted by atomic mass is 10.2. The van der Waals surface area contributed by atoms with Crippen molar-refractivity contribution in [2.75, 3.05) is 0 Å². The van der Waals surface area contributed by atoms with Crippen LogP contribution in [0, 0.1) is 6.92 Å². The molecule has 4 heteroatoms. The third kappa shape index (κ3) is 2.84. The maximum atomic E-state index is 11.9. The number of carbonyl (C=O) groups excluding carboxylic acids is 1. The van der Waals surface area contributed by atoms with Crippen molar-refractivity contribution in [2.45, 2.75) is 51.6 Å². The first-order chi connectivity index (χ1) is 9.72. The molecule has 1 heterocycles. The molecule has 1 saturated carbocycles. The molecule has 2 aromatic rings. The number of benzene rings is 1. The third-order valence-corrected chi connectivity index (χ3v) is 4.07. The Kier molecular flexibility index (Phi) is 3.72. The van der Waals surface area contributed by atoms with Crippen molar-refractivity contribution in [3.63, 3.8) is 0 Å². The van der Waals surface area contributed by atoms with Crippen LogP contribution in [-0.2, 0) is 11.3 Å². The highest BCUT2D eigenvalue weighted by atomic mass is 16.1. The molecular weight excluding hydrogens is 250 g/mol. The summed E-state index contributed by atoms with van der Waals surface area (Å²) in [6, 6.07) is 6.68. The van der Waals surface area contributed by atoms with Crippen LogP contribution in [0.1, 0.15) is 37.7 Å². The highest BCUT2D eigenvalue weighted by Gasteiger charge is 2.17. The van der Waals surface area contributed by atoms with E-state index in [1.807, 2.05) is 10.9 Å². The second-order valence-corrected chi connectivity index (χ2v) is 5.73. The zero-order valence-corrected chi connectivity index (χ0v) is 11.9. The minimum absolute atomic E-state index is 0.146. The summed E-state index contributed by atoms with van der Waals surface area (Å²) in [6.45, 7) is 2.72. The Bertz CT molecular complexity index is 611. The molecule has 1 amide bonds. The van der Waals surface area contributed by atoms with Gasteiger partial charge in [0.2, 0.25) is 5.91 Å². The van der Waals surface area contributed by atoms with Crippen molar-refractivity contribution in [3.05, 3.63) is 30.0 Å². The fourth-order valence-electron chi connectivity index (χ4n) is 2.96. The fourth-order valence-corrected chi connectivity index (χ4v) is 2.96. The van der Waals surface area contributed by atoms with Crippen LogP contribution < -0.4 is 5.32 Å². The molecule has 0 radical (unpaired) electrons. The lowest BCUT2D eigenvalue weighted by molar-refractivity contribution is -0.122. The third-order valence-electron chi connectivity index (χ3n) is 4.07. The molecule has 1 aromatic heterocycles. The van der Waals surface area contributed by atoms with Gasteiger partial charge in [-0.15, -0.1) is 0 Å². The van der Waals surface area contributed by atoms with Gasteiger partial charge in [0.15, 0.2) is 0 Å². The topological polar surface area (TPSA) is 46.9 Å². The van der Waals surface area contributed by atoms with Crippen molar-refractivity contribution in [3.8, 4) is 0 Å². The van der Waals surface area contributed by atoms with Crippen molar-refractivity contribution in [2.24, 2.45) is 0 Å². The van der Waals surface area contributed by atoms with Gasteiger partial charge in [-0.1, -0.05) is 24.5 Å². The standard InChI is InChI=1S/C16H21N3O/c1-12-6-7-15-13(10-12)11-17-19(15)9-8-16(20)18-14-4-2-3-5-14/h6-7,10-11,14H,2-5,8-9H2,1H3,(H,18,20). The molecule has 0 unspecified atom stereocenters. The van der Waals surface area contributed by atoms with Gasteiger partial charge in [-0.2, -0.15) is 5.10 Å². The van der Waals surface area contributed by atoms with E-state index in [4.69, 9.17) is 0 Å². The van der Waals surface area contributed by atoms with Crippen molar-refractivity contribution >= 4 is 16.8 Å². The molecule has 1 aliphatic carbocycles. The molecule has 0 bridgehead atoms. The summed E-state index contributed by atoms with van der Waals surface area (Å²) in [7, 11) is 0. The van der Waals surface area contributed by atoms with Gasteiger partial charge in [0.05, 0.1) is 18.3 Å². The van der Waals surface area contributed by atoms with Crippen LogP contribution in [0.4, 0.5) is 0 Å². The molecule has 0 spiro atoms. The SMILES string of the molecule is Cc1ccc2c(cnn2CCC(=O)NC2CCCC2)c1. The van der Waals surface area contributed by atoms with Gasteiger partial charge < -0.3 is 5.32 Å². The molecule has 20 heavy (non-hydrogen) atoms. The molecule has 0 atom stereocenters. The van der Waals surface area contributed by atoms with E-state index in [0.717, 1.165) is 23.7 Å². The number of aryl methyl sites for hydroxylation is 2. The second kappa shape index (κ2) is 5.65. The number of hydrogen-bond acceptors (Lipinski definition) is 2. The van der Waals surface area contributed by atoms with Crippen LogP contribution in [0.2, 0.25) is 0 Å². The molecule has 1 N–H and O–H groups in total. The Hall–Kier alpha value is -1.84. The van der Waals surface area contributed by atoms with Crippen molar-refractivity contribution in [1.29, 1.82) is 0 Å². The predicted molar refractivity (Wildman–Crippen MR) is 79.5 cm³/mol. The van der Waals surface area contributed by atoms with E-state index in [-0.39, 0.29) is 5.91 Å². The molecule has 1 aromatic carbocycles. The smallest absolute Gasteiger partial charge is 0.222 e. The summed E-state index contributed by atoms with van der Waals surface area (Å²) >= 11 is 0. The van der Waals surface area contributed by atoms with Crippen LogP contribution in [0.25, 0.3) is 10.9 Å². The van der Waals surface area contributed by atoms with Gasteiger partial charge in [-0.05, 0) is 31.9 Å². The van der Waals surface area contributed by atoms with Crippen molar-refractivity contribution < 1.29 is 4.79 Å². The lowest BCUT2D eigenvalue weighted by Gasteiger charge is -2.11. The highest BCUT2D eigenvalue weighted by molar-refractivity contribution is 5.80. The van der Waals surface area contributed by atoms with E-state index in [9.17, 15) is 4.79 Å². The number of rotatable bonds is 4. The summed E-state index contributed by atoms with van der Waals surface area (Å²) in [4.78, 5) is 11.9. The van der Waals surface area contributed by atoms with Gasteiger partial charge in [-0.25, -0.2) is 0 Å². The minimum atomic E-state index is 0.146. The molecule has 1 aliphatic rings. The zero-order valence-electron chi connectivity index (χ0n) is 11.9. The van der Waals surface area contributed by atoms with E-state index >= 15 is 0 Å². The second-order valence-electron chi connectivity index (χ2n) is 5.73. The Morgan fingerprint density at radius 1 is 1.40 bits per heavy atom. The number of amides is 1. The van der Waals surface area contributed by atoms with Gasteiger partial charge in [-0.3, -0.25) is 9.48 Å². The fraction of sp³-hybridized carbons (Fsp3) is 0.500. The van der Waals surface area contributed by atoms with Gasteiger partial charge >= 0.3 is 0 Å². The Morgan fingerprint density at radius 2 is 2.20 bits per heavy atom. The Morgan fingerprint density at radius 3 is 3.00 bits per heavy atom. The maximum Gasteiger partial charge on any atom is 0.222 e. The Balaban J connectivity index is 1.60. The van der Waals surface area contributed by atoms with Gasteiger partial charge in [0.1, 0.15) is 0 Å². The summed E-state index contributed by atoms with van der Waals surface area (Å²) in [6.07, 6.45) is 7.13. The van der Waals surface area contributed by atoms with Crippen LogP contribution in [0.15, 0.2) is 24.4 Å². The van der Waals surface area contributed by atoms with Gasteiger partial charge in [0.25, 0.3) is 0 Å². The summed E-state index contributed by atoms with van der Waals surface area (Å²) in [5.74, 6) is 0.146. The normalized spacial score (nSPS) is 15.8. The molecule has 0 saturated heterocycles.